The normalized spacial score (nSPS) is 20.8. The number of rotatable bonds is 2. The van der Waals surface area contributed by atoms with Crippen LogP contribution < -0.4 is 4.90 Å². The smallest absolute Gasteiger partial charge is 0.128 e. The van der Waals surface area contributed by atoms with Crippen LogP contribution in [0.3, 0.4) is 0 Å². The van der Waals surface area contributed by atoms with Crippen molar-refractivity contribution in [3.63, 3.8) is 0 Å². The second-order valence-electron chi connectivity index (χ2n) is 4.77. The Balaban J connectivity index is 2.29. The third kappa shape index (κ3) is 2.18. The summed E-state index contributed by atoms with van der Waals surface area (Å²) in [5.41, 5.74) is 0.675. The summed E-state index contributed by atoms with van der Waals surface area (Å²) in [7, 11) is 0. The van der Waals surface area contributed by atoms with Crippen LogP contribution in [0.2, 0.25) is 0 Å². The highest BCUT2D eigenvalue weighted by Crippen LogP contribution is 2.30. The van der Waals surface area contributed by atoms with Gasteiger partial charge in [0.25, 0.3) is 0 Å². The third-order valence-electron chi connectivity index (χ3n) is 3.25. The summed E-state index contributed by atoms with van der Waals surface area (Å²) in [6, 6.07) is 4.17. The minimum absolute atomic E-state index is 0.404. The van der Waals surface area contributed by atoms with E-state index in [1.165, 1.54) is 12.1 Å². The van der Waals surface area contributed by atoms with Gasteiger partial charge in [0, 0.05) is 24.3 Å². The lowest BCUT2D eigenvalue weighted by atomic mass is 10.0. The summed E-state index contributed by atoms with van der Waals surface area (Å²) in [6.07, 6.45) is 2.21. The molecule has 0 spiro atoms. The van der Waals surface area contributed by atoms with Gasteiger partial charge in [-0.25, -0.2) is 8.78 Å². The van der Waals surface area contributed by atoms with Gasteiger partial charge in [-0.15, -0.1) is 0 Å². The summed E-state index contributed by atoms with van der Waals surface area (Å²) in [5, 5.41) is 0. The van der Waals surface area contributed by atoms with E-state index >= 15 is 0 Å². The van der Waals surface area contributed by atoms with Crippen molar-refractivity contribution < 1.29 is 8.78 Å². The molecule has 1 heterocycles. The van der Waals surface area contributed by atoms with Crippen LogP contribution in [0.15, 0.2) is 18.2 Å². The van der Waals surface area contributed by atoms with E-state index in [0.717, 1.165) is 25.5 Å². The SMILES string of the molecule is CC(C)C1CCCN1c1cc(F)cc(F)c1. The highest BCUT2D eigenvalue weighted by molar-refractivity contribution is 5.49. The van der Waals surface area contributed by atoms with E-state index in [0.29, 0.717) is 17.6 Å². The van der Waals surface area contributed by atoms with E-state index in [1.54, 1.807) is 0 Å². The van der Waals surface area contributed by atoms with Crippen LogP contribution in [0.4, 0.5) is 14.5 Å². The predicted molar refractivity (Wildman–Crippen MR) is 61.6 cm³/mol. The second-order valence-corrected chi connectivity index (χ2v) is 4.77. The maximum atomic E-state index is 13.1. The molecule has 0 saturated carbocycles. The summed E-state index contributed by atoms with van der Waals surface area (Å²) in [5.74, 6) is -0.484. The molecule has 1 aromatic carbocycles. The molecule has 88 valence electrons. The number of hydrogen-bond donors (Lipinski definition) is 0. The fraction of sp³-hybridized carbons (Fsp3) is 0.538. The van der Waals surface area contributed by atoms with Crippen LogP contribution in [0, 0.1) is 17.6 Å². The van der Waals surface area contributed by atoms with Crippen molar-refractivity contribution in [2.24, 2.45) is 5.92 Å². The molecule has 1 aliphatic heterocycles. The lowest BCUT2D eigenvalue weighted by Gasteiger charge is -2.29. The Labute approximate surface area is 95.1 Å². The van der Waals surface area contributed by atoms with E-state index in [4.69, 9.17) is 0 Å². The molecule has 1 unspecified atom stereocenters. The zero-order valence-corrected chi connectivity index (χ0v) is 9.71. The molecule has 0 radical (unpaired) electrons. The van der Waals surface area contributed by atoms with Crippen LogP contribution in [0.25, 0.3) is 0 Å². The topological polar surface area (TPSA) is 3.24 Å². The summed E-state index contributed by atoms with van der Waals surface area (Å²) >= 11 is 0. The first-order valence-corrected chi connectivity index (χ1v) is 5.80. The van der Waals surface area contributed by atoms with Gasteiger partial charge >= 0.3 is 0 Å². The Morgan fingerprint density at radius 1 is 1.19 bits per heavy atom. The number of anilines is 1. The van der Waals surface area contributed by atoms with Crippen molar-refractivity contribution in [1.82, 2.24) is 0 Å². The van der Waals surface area contributed by atoms with Gasteiger partial charge in [-0.2, -0.15) is 0 Å². The summed E-state index contributed by atoms with van der Waals surface area (Å²) < 4.78 is 26.3. The van der Waals surface area contributed by atoms with E-state index in [2.05, 4.69) is 18.7 Å². The summed E-state index contributed by atoms with van der Waals surface area (Å²) in [6.45, 7) is 5.20. The Hall–Kier alpha value is -1.12. The van der Waals surface area contributed by atoms with E-state index in [9.17, 15) is 8.78 Å². The molecule has 0 bridgehead atoms. The van der Waals surface area contributed by atoms with Gasteiger partial charge < -0.3 is 4.90 Å². The van der Waals surface area contributed by atoms with Crippen LogP contribution in [-0.4, -0.2) is 12.6 Å². The minimum atomic E-state index is -0.496. The van der Waals surface area contributed by atoms with Gasteiger partial charge in [0.2, 0.25) is 0 Å². The van der Waals surface area contributed by atoms with Crippen LogP contribution in [0.5, 0.6) is 0 Å². The van der Waals surface area contributed by atoms with E-state index in [-0.39, 0.29) is 0 Å². The largest absolute Gasteiger partial charge is 0.368 e. The molecule has 0 aromatic heterocycles. The molecule has 2 rings (SSSR count). The predicted octanol–water partition coefficient (Wildman–Crippen LogP) is 3.59. The highest BCUT2D eigenvalue weighted by atomic mass is 19.1. The molecule has 0 N–H and O–H groups in total. The van der Waals surface area contributed by atoms with Gasteiger partial charge in [-0.3, -0.25) is 0 Å². The van der Waals surface area contributed by atoms with Gasteiger partial charge in [0.1, 0.15) is 11.6 Å². The van der Waals surface area contributed by atoms with Crippen LogP contribution in [0.1, 0.15) is 26.7 Å². The number of benzene rings is 1. The summed E-state index contributed by atoms with van der Waals surface area (Å²) in [4.78, 5) is 2.12. The lowest BCUT2D eigenvalue weighted by Crippen LogP contribution is -2.33. The fourth-order valence-electron chi connectivity index (χ4n) is 2.51. The zero-order valence-electron chi connectivity index (χ0n) is 9.71. The highest BCUT2D eigenvalue weighted by Gasteiger charge is 2.27. The average molecular weight is 225 g/mol. The van der Waals surface area contributed by atoms with Gasteiger partial charge in [0.05, 0.1) is 0 Å². The monoisotopic (exact) mass is 225 g/mol. The third-order valence-corrected chi connectivity index (χ3v) is 3.25. The molecular formula is C13H17F2N. The average Bonchev–Trinajstić information content (AvgIpc) is 2.63. The van der Waals surface area contributed by atoms with Gasteiger partial charge in [0.15, 0.2) is 0 Å². The van der Waals surface area contributed by atoms with Crippen molar-refractivity contribution in [2.45, 2.75) is 32.7 Å². The van der Waals surface area contributed by atoms with Crippen LogP contribution in [-0.2, 0) is 0 Å². The fourth-order valence-corrected chi connectivity index (χ4v) is 2.51. The van der Waals surface area contributed by atoms with E-state index in [1.807, 2.05) is 0 Å². The first-order chi connectivity index (χ1) is 7.58. The number of halogens is 2. The Kier molecular flexibility index (Phi) is 3.13. The van der Waals surface area contributed by atoms with Crippen molar-refractivity contribution in [1.29, 1.82) is 0 Å². The molecule has 0 amide bonds. The maximum Gasteiger partial charge on any atom is 0.128 e. The van der Waals surface area contributed by atoms with Crippen molar-refractivity contribution in [2.75, 3.05) is 11.4 Å². The Morgan fingerprint density at radius 2 is 1.81 bits per heavy atom. The first-order valence-electron chi connectivity index (χ1n) is 5.80. The molecular weight excluding hydrogens is 208 g/mol. The molecule has 1 atom stereocenters. The Bertz CT molecular complexity index is 356. The molecule has 3 heteroatoms. The molecule has 1 nitrogen and oxygen atoms in total. The second kappa shape index (κ2) is 4.40. The lowest BCUT2D eigenvalue weighted by molar-refractivity contribution is 0.490. The van der Waals surface area contributed by atoms with Crippen molar-refractivity contribution in [3.05, 3.63) is 29.8 Å². The molecule has 16 heavy (non-hydrogen) atoms. The Morgan fingerprint density at radius 3 is 2.38 bits per heavy atom. The van der Waals surface area contributed by atoms with Crippen molar-refractivity contribution >= 4 is 5.69 Å². The van der Waals surface area contributed by atoms with E-state index < -0.39 is 11.6 Å². The quantitative estimate of drug-likeness (QED) is 0.743. The molecule has 1 aromatic rings. The van der Waals surface area contributed by atoms with Crippen molar-refractivity contribution in [3.8, 4) is 0 Å². The standard InChI is InChI=1S/C13H17F2N/c1-9(2)13-4-3-5-16(13)12-7-10(14)6-11(15)8-12/h6-9,13H,3-5H2,1-2H3. The molecule has 1 fully saturated rings. The zero-order chi connectivity index (χ0) is 11.7. The first kappa shape index (κ1) is 11.4. The van der Waals surface area contributed by atoms with Gasteiger partial charge in [-0.1, -0.05) is 13.8 Å². The number of hydrogen-bond acceptors (Lipinski definition) is 1. The van der Waals surface area contributed by atoms with Gasteiger partial charge in [-0.05, 0) is 30.9 Å². The molecule has 1 saturated heterocycles. The van der Waals surface area contributed by atoms with Crippen LogP contribution >= 0.6 is 0 Å². The number of nitrogens with zero attached hydrogens (tertiary/aromatic N) is 1. The maximum absolute atomic E-state index is 13.1. The minimum Gasteiger partial charge on any atom is -0.368 e. The molecule has 1 aliphatic rings. The molecule has 0 aliphatic carbocycles.